The van der Waals surface area contributed by atoms with E-state index in [1.54, 1.807) is 11.8 Å². The molecule has 0 aromatic carbocycles. The van der Waals surface area contributed by atoms with Gasteiger partial charge in [0.15, 0.2) is 0 Å². The van der Waals surface area contributed by atoms with E-state index in [0.717, 1.165) is 16.7 Å². The van der Waals surface area contributed by atoms with Gasteiger partial charge in [-0.2, -0.15) is 0 Å². The van der Waals surface area contributed by atoms with E-state index in [-0.39, 0.29) is 0 Å². The van der Waals surface area contributed by atoms with Crippen LogP contribution < -0.4 is 0 Å². The SMILES string of the molecule is C=CCSc1n[nH]c(C)n1. The van der Waals surface area contributed by atoms with Crippen molar-refractivity contribution in [3.8, 4) is 0 Å². The number of nitrogens with one attached hydrogen (secondary N) is 1. The number of aromatic nitrogens is 3. The summed E-state index contributed by atoms with van der Waals surface area (Å²) in [6, 6.07) is 0. The summed E-state index contributed by atoms with van der Waals surface area (Å²) in [5.41, 5.74) is 0. The fourth-order valence-corrected chi connectivity index (χ4v) is 1.10. The summed E-state index contributed by atoms with van der Waals surface area (Å²) >= 11 is 1.57. The maximum atomic E-state index is 4.10. The first-order chi connectivity index (χ1) is 4.83. The molecule has 0 bridgehead atoms. The summed E-state index contributed by atoms with van der Waals surface area (Å²) in [4.78, 5) is 4.10. The maximum Gasteiger partial charge on any atom is 0.208 e. The Kier molecular flexibility index (Phi) is 2.50. The van der Waals surface area contributed by atoms with E-state index in [1.165, 1.54) is 0 Å². The largest absolute Gasteiger partial charge is 0.262 e. The van der Waals surface area contributed by atoms with Crippen LogP contribution in [0.3, 0.4) is 0 Å². The summed E-state index contributed by atoms with van der Waals surface area (Å²) < 4.78 is 0. The van der Waals surface area contributed by atoms with Crippen molar-refractivity contribution in [2.45, 2.75) is 12.1 Å². The van der Waals surface area contributed by atoms with Crippen LogP contribution in [0.5, 0.6) is 0 Å². The van der Waals surface area contributed by atoms with Crippen LogP contribution in [0.2, 0.25) is 0 Å². The lowest BCUT2D eigenvalue weighted by Crippen LogP contribution is -1.75. The second kappa shape index (κ2) is 3.41. The minimum absolute atomic E-state index is 0.789. The van der Waals surface area contributed by atoms with E-state index < -0.39 is 0 Å². The third-order valence-corrected chi connectivity index (χ3v) is 1.75. The Labute approximate surface area is 63.9 Å². The number of hydrogen-bond acceptors (Lipinski definition) is 3. The van der Waals surface area contributed by atoms with Crippen LogP contribution in [0.15, 0.2) is 17.8 Å². The van der Waals surface area contributed by atoms with E-state index in [2.05, 4.69) is 21.8 Å². The van der Waals surface area contributed by atoms with Crippen molar-refractivity contribution >= 4 is 11.8 Å². The van der Waals surface area contributed by atoms with Crippen molar-refractivity contribution in [1.82, 2.24) is 15.2 Å². The molecule has 0 unspecified atom stereocenters. The van der Waals surface area contributed by atoms with Crippen LogP contribution in [0.4, 0.5) is 0 Å². The predicted molar refractivity (Wildman–Crippen MR) is 42.0 cm³/mol. The molecule has 10 heavy (non-hydrogen) atoms. The van der Waals surface area contributed by atoms with Gasteiger partial charge in [0.25, 0.3) is 0 Å². The third kappa shape index (κ3) is 1.88. The van der Waals surface area contributed by atoms with Gasteiger partial charge >= 0.3 is 0 Å². The van der Waals surface area contributed by atoms with Crippen LogP contribution in [0.1, 0.15) is 5.82 Å². The van der Waals surface area contributed by atoms with Gasteiger partial charge in [0, 0.05) is 5.75 Å². The summed E-state index contributed by atoms with van der Waals surface area (Å²) in [5, 5.41) is 7.48. The lowest BCUT2D eigenvalue weighted by Gasteiger charge is -1.84. The van der Waals surface area contributed by atoms with Crippen molar-refractivity contribution in [3.63, 3.8) is 0 Å². The standard InChI is InChI=1S/C6H9N3S/c1-3-4-10-6-7-5(2)8-9-6/h3H,1,4H2,2H3,(H,7,8,9). The lowest BCUT2D eigenvalue weighted by atomic mass is 10.8. The van der Waals surface area contributed by atoms with E-state index in [0.29, 0.717) is 0 Å². The number of thioether (sulfide) groups is 1. The zero-order valence-electron chi connectivity index (χ0n) is 5.79. The number of aromatic amines is 1. The van der Waals surface area contributed by atoms with E-state index in [1.807, 2.05) is 13.0 Å². The molecule has 0 aliphatic rings. The molecule has 3 nitrogen and oxygen atoms in total. The van der Waals surface area contributed by atoms with Crippen LogP contribution in [-0.4, -0.2) is 20.9 Å². The van der Waals surface area contributed by atoms with Crippen molar-refractivity contribution in [3.05, 3.63) is 18.5 Å². The Morgan fingerprint density at radius 2 is 2.60 bits per heavy atom. The minimum Gasteiger partial charge on any atom is -0.262 e. The molecular formula is C6H9N3S. The number of nitrogens with zero attached hydrogens (tertiary/aromatic N) is 2. The van der Waals surface area contributed by atoms with Gasteiger partial charge in [-0.1, -0.05) is 17.8 Å². The number of H-pyrrole nitrogens is 1. The Morgan fingerprint density at radius 3 is 3.10 bits per heavy atom. The van der Waals surface area contributed by atoms with Gasteiger partial charge < -0.3 is 0 Å². The summed E-state index contributed by atoms with van der Waals surface area (Å²) in [7, 11) is 0. The average Bonchev–Trinajstić information content (AvgIpc) is 2.31. The van der Waals surface area contributed by atoms with Crippen molar-refractivity contribution < 1.29 is 0 Å². The molecular weight excluding hydrogens is 146 g/mol. The van der Waals surface area contributed by atoms with Crippen molar-refractivity contribution in [2.24, 2.45) is 0 Å². The van der Waals surface area contributed by atoms with Crippen LogP contribution >= 0.6 is 11.8 Å². The molecule has 1 rings (SSSR count). The average molecular weight is 155 g/mol. The Bertz CT molecular complexity index is 219. The smallest absolute Gasteiger partial charge is 0.208 e. The first-order valence-corrected chi connectivity index (χ1v) is 3.94. The van der Waals surface area contributed by atoms with E-state index in [4.69, 9.17) is 0 Å². The highest BCUT2D eigenvalue weighted by molar-refractivity contribution is 7.99. The van der Waals surface area contributed by atoms with Crippen LogP contribution in [-0.2, 0) is 0 Å². The first-order valence-electron chi connectivity index (χ1n) is 2.95. The van der Waals surface area contributed by atoms with Gasteiger partial charge in [-0.25, -0.2) is 4.98 Å². The lowest BCUT2D eigenvalue weighted by molar-refractivity contribution is 0.971. The molecule has 4 heteroatoms. The molecule has 0 saturated heterocycles. The molecule has 0 amide bonds. The van der Waals surface area contributed by atoms with Gasteiger partial charge in [-0.15, -0.1) is 11.7 Å². The monoisotopic (exact) mass is 155 g/mol. The topological polar surface area (TPSA) is 41.6 Å². The van der Waals surface area contributed by atoms with Crippen LogP contribution in [0, 0.1) is 6.92 Å². The molecule has 1 heterocycles. The quantitative estimate of drug-likeness (QED) is 0.529. The second-order valence-electron chi connectivity index (χ2n) is 1.80. The Morgan fingerprint density at radius 1 is 1.80 bits per heavy atom. The molecule has 0 radical (unpaired) electrons. The van der Waals surface area contributed by atoms with Gasteiger partial charge in [0.05, 0.1) is 0 Å². The third-order valence-electron chi connectivity index (χ3n) is 0.907. The molecule has 1 aromatic rings. The Hall–Kier alpha value is -0.770. The van der Waals surface area contributed by atoms with Crippen LogP contribution in [0.25, 0.3) is 0 Å². The van der Waals surface area contributed by atoms with Gasteiger partial charge in [-0.3, -0.25) is 5.10 Å². The predicted octanol–water partition coefficient (Wildman–Crippen LogP) is 1.39. The molecule has 0 atom stereocenters. The highest BCUT2D eigenvalue weighted by atomic mass is 32.2. The van der Waals surface area contributed by atoms with Gasteiger partial charge in [-0.05, 0) is 6.92 Å². The first kappa shape index (κ1) is 7.34. The normalized spacial score (nSPS) is 9.70. The molecule has 0 saturated carbocycles. The fourth-order valence-electron chi connectivity index (χ4n) is 0.520. The summed E-state index contributed by atoms with van der Waals surface area (Å²) in [5.74, 6) is 1.71. The molecule has 0 fully saturated rings. The molecule has 1 N–H and O–H groups in total. The minimum atomic E-state index is 0.789. The van der Waals surface area contributed by atoms with Crippen molar-refractivity contribution in [2.75, 3.05) is 5.75 Å². The Balaban J connectivity index is 2.49. The highest BCUT2D eigenvalue weighted by Crippen LogP contribution is 2.10. The molecule has 1 aromatic heterocycles. The molecule has 0 aliphatic carbocycles. The van der Waals surface area contributed by atoms with E-state index >= 15 is 0 Å². The molecule has 0 spiro atoms. The summed E-state index contributed by atoms with van der Waals surface area (Å²) in [6.07, 6.45) is 1.83. The van der Waals surface area contributed by atoms with Crippen molar-refractivity contribution in [1.29, 1.82) is 0 Å². The number of rotatable bonds is 3. The second-order valence-corrected chi connectivity index (χ2v) is 2.79. The zero-order chi connectivity index (χ0) is 7.40. The number of aryl methyl sites for hydroxylation is 1. The maximum absolute atomic E-state index is 4.10. The van der Waals surface area contributed by atoms with Gasteiger partial charge in [0.1, 0.15) is 5.82 Å². The fraction of sp³-hybridized carbons (Fsp3) is 0.333. The number of hydrogen-bond donors (Lipinski definition) is 1. The highest BCUT2D eigenvalue weighted by Gasteiger charge is 1.96. The zero-order valence-corrected chi connectivity index (χ0v) is 6.61. The molecule has 0 aliphatic heterocycles. The van der Waals surface area contributed by atoms with Gasteiger partial charge in [0.2, 0.25) is 5.16 Å². The van der Waals surface area contributed by atoms with E-state index in [9.17, 15) is 0 Å². The molecule has 54 valence electrons. The summed E-state index contributed by atoms with van der Waals surface area (Å²) in [6.45, 7) is 5.48.